The molecular weight excluding hydrogens is 158 g/mol. The van der Waals surface area contributed by atoms with E-state index in [1.165, 1.54) is 0 Å². The van der Waals surface area contributed by atoms with Crippen molar-refractivity contribution in [2.75, 3.05) is 5.75 Å². The standard InChI is InChI=1S/C8H15NOS/c1-3-7-11(10)8(4-2)5-6-9/h8H,3-5,7H2,1-2H3. The molecule has 0 aromatic rings. The van der Waals surface area contributed by atoms with Crippen molar-refractivity contribution in [2.45, 2.75) is 38.4 Å². The zero-order chi connectivity index (χ0) is 8.69. The molecule has 0 aromatic heterocycles. The van der Waals surface area contributed by atoms with E-state index >= 15 is 0 Å². The van der Waals surface area contributed by atoms with Crippen LogP contribution in [0.5, 0.6) is 0 Å². The van der Waals surface area contributed by atoms with Gasteiger partial charge in [0.05, 0.1) is 6.07 Å². The second-order valence-electron chi connectivity index (χ2n) is 2.48. The Kier molecular flexibility index (Phi) is 6.15. The SMILES string of the molecule is CCCS(=O)C(CC)CC#N. The highest BCUT2D eigenvalue weighted by molar-refractivity contribution is 7.85. The lowest BCUT2D eigenvalue weighted by molar-refractivity contribution is 0.663. The molecule has 2 nitrogen and oxygen atoms in total. The van der Waals surface area contributed by atoms with Crippen molar-refractivity contribution in [1.29, 1.82) is 5.26 Å². The smallest absolute Gasteiger partial charge is 0.0634 e. The summed E-state index contributed by atoms with van der Waals surface area (Å²) in [7, 11) is -0.780. The van der Waals surface area contributed by atoms with Crippen LogP contribution in [-0.4, -0.2) is 15.2 Å². The van der Waals surface area contributed by atoms with Crippen LogP contribution in [0.1, 0.15) is 33.1 Å². The second kappa shape index (κ2) is 6.36. The highest BCUT2D eigenvalue weighted by Gasteiger charge is 2.12. The van der Waals surface area contributed by atoms with Gasteiger partial charge in [-0.1, -0.05) is 13.8 Å². The maximum absolute atomic E-state index is 11.3. The molecule has 0 radical (unpaired) electrons. The molecule has 0 spiro atoms. The van der Waals surface area contributed by atoms with Gasteiger partial charge in [0.15, 0.2) is 0 Å². The molecule has 0 amide bonds. The minimum atomic E-state index is -0.780. The normalized spacial score (nSPS) is 15.4. The summed E-state index contributed by atoms with van der Waals surface area (Å²) in [6.07, 6.45) is 2.22. The Morgan fingerprint density at radius 1 is 1.55 bits per heavy atom. The zero-order valence-corrected chi connectivity index (χ0v) is 7.99. The van der Waals surface area contributed by atoms with Crippen LogP contribution in [0.4, 0.5) is 0 Å². The molecule has 11 heavy (non-hydrogen) atoms. The molecule has 2 atom stereocenters. The first-order valence-electron chi connectivity index (χ1n) is 4.00. The summed E-state index contributed by atoms with van der Waals surface area (Å²) in [5, 5.41) is 8.50. The maximum Gasteiger partial charge on any atom is 0.0634 e. The van der Waals surface area contributed by atoms with Gasteiger partial charge < -0.3 is 0 Å². The monoisotopic (exact) mass is 173 g/mol. The summed E-state index contributed by atoms with van der Waals surface area (Å²) in [5.41, 5.74) is 0. The molecule has 64 valence electrons. The van der Waals surface area contributed by atoms with E-state index < -0.39 is 10.8 Å². The van der Waals surface area contributed by atoms with Gasteiger partial charge in [-0.3, -0.25) is 4.21 Å². The molecule has 0 saturated carbocycles. The Labute approximate surface area is 71.1 Å². The van der Waals surface area contributed by atoms with Gasteiger partial charge in [0.1, 0.15) is 0 Å². The predicted octanol–water partition coefficient (Wildman–Crippen LogP) is 1.84. The average molecular weight is 173 g/mol. The summed E-state index contributed by atoms with van der Waals surface area (Å²) >= 11 is 0. The van der Waals surface area contributed by atoms with Gasteiger partial charge >= 0.3 is 0 Å². The van der Waals surface area contributed by atoms with Crippen LogP contribution >= 0.6 is 0 Å². The van der Waals surface area contributed by atoms with Crippen LogP contribution in [-0.2, 0) is 10.8 Å². The molecule has 0 heterocycles. The number of nitrogens with zero attached hydrogens (tertiary/aromatic N) is 1. The van der Waals surface area contributed by atoms with Crippen LogP contribution in [0, 0.1) is 11.3 Å². The fourth-order valence-electron chi connectivity index (χ4n) is 0.893. The van der Waals surface area contributed by atoms with E-state index in [-0.39, 0.29) is 5.25 Å². The van der Waals surface area contributed by atoms with E-state index in [9.17, 15) is 4.21 Å². The molecule has 2 unspecified atom stereocenters. The highest BCUT2D eigenvalue weighted by atomic mass is 32.2. The minimum absolute atomic E-state index is 0.0972. The second-order valence-corrected chi connectivity index (χ2v) is 4.31. The fourth-order valence-corrected chi connectivity index (χ4v) is 2.26. The Balaban J connectivity index is 3.83. The third kappa shape index (κ3) is 4.15. The number of hydrogen-bond donors (Lipinski definition) is 0. The van der Waals surface area contributed by atoms with Crippen molar-refractivity contribution in [2.24, 2.45) is 0 Å². The van der Waals surface area contributed by atoms with E-state index in [0.717, 1.165) is 18.6 Å². The van der Waals surface area contributed by atoms with Crippen LogP contribution in [0.25, 0.3) is 0 Å². The number of nitriles is 1. The molecule has 3 heteroatoms. The predicted molar refractivity (Wildman–Crippen MR) is 47.6 cm³/mol. The maximum atomic E-state index is 11.3. The van der Waals surface area contributed by atoms with Gasteiger partial charge in [0.25, 0.3) is 0 Å². The summed E-state index contributed by atoms with van der Waals surface area (Å²) in [6.45, 7) is 3.99. The quantitative estimate of drug-likeness (QED) is 0.636. The molecule has 0 aromatic carbocycles. The van der Waals surface area contributed by atoms with Crippen molar-refractivity contribution >= 4 is 10.8 Å². The van der Waals surface area contributed by atoms with Gasteiger partial charge in [-0.25, -0.2) is 0 Å². The van der Waals surface area contributed by atoms with Crippen molar-refractivity contribution in [3.63, 3.8) is 0 Å². The van der Waals surface area contributed by atoms with Gasteiger partial charge in [0, 0.05) is 28.2 Å². The largest absolute Gasteiger partial charge is 0.259 e. The van der Waals surface area contributed by atoms with E-state index in [0.29, 0.717) is 6.42 Å². The van der Waals surface area contributed by atoms with Crippen LogP contribution in [0.2, 0.25) is 0 Å². The molecule has 0 rings (SSSR count). The van der Waals surface area contributed by atoms with E-state index in [1.54, 1.807) is 0 Å². The molecule has 0 aliphatic heterocycles. The van der Waals surface area contributed by atoms with Gasteiger partial charge in [0.2, 0.25) is 0 Å². The van der Waals surface area contributed by atoms with Crippen molar-refractivity contribution in [3.05, 3.63) is 0 Å². The zero-order valence-electron chi connectivity index (χ0n) is 7.17. The Morgan fingerprint density at radius 2 is 2.18 bits per heavy atom. The molecule has 0 fully saturated rings. The Bertz CT molecular complexity index is 162. The third-order valence-electron chi connectivity index (χ3n) is 1.55. The molecule has 0 saturated heterocycles. The fraction of sp³-hybridized carbons (Fsp3) is 0.875. The topological polar surface area (TPSA) is 40.9 Å². The first-order chi connectivity index (χ1) is 5.26. The summed E-state index contributed by atoms with van der Waals surface area (Å²) < 4.78 is 11.3. The first kappa shape index (κ1) is 10.6. The van der Waals surface area contributed by atoms with Crippen molar-refractivity contribution in [1.82, 2.24) is 0 Å². The van der Waals surface area contributed by atoms with Crippen LogP contribution in [0.3, 0.4) is 0 Å². The minimum Gasteiger partial charge on any atom is -0.259 e. The third-order valence-corrected chi connectivity index (χ3v) is 3.61. The van der Waals surface area contributed by atoms with Gasteiger partial charge in [-0.15, -0.1) is 0 Å². The summed E-state index contributed by atoms with van der Waals surface area (Å²) in [4.78, 5) is 0. The van der Waals surface area contributed by atoms with Gasteiger partial charge in [-0.2, -0.15) is 5.26 Å². The van der Waals surface area contributed by atoms with E-state index in [4.69, 9.17) is 5.26 Å². The molecule has 0 aliphatic carbocycles. The molecule has 0 aliphatic rings. The molecular formula is C8H15NOS. The van der Waals surface area contributed by atoms with Crippen LogP contribution in [0.15, 0.2) is 0 Å². The Hall–Kier alpha value is -0.360. The van der Waals surface area contributed by atoms with E-state index in [2.05, 4.69) is 6.07 Å². The molecule has 0 N–H and O–H groups in total. The Morgan fingerprint density at radius 3 is 2.55 bits per heavy atom. The number of rotatable bonds is 5. The van der Waals surface area contributed by atoms with Crippen LogP contribution < -0.4 is 0 Å². The van der Waals surface area contributed by atoms with Crippen molar-refractivity contribution < 1.29 is 4.21 Å². The van der Waals surface area contributed by atoms with E-state index in [1.807, 2.05) is 13.8 Å². The lowest BCUT2D eigenvalue weighted by Crippen LogP contribution is -2.15. The lowest BCUT2D eigenvalue weighted by Gasteiger charge is -2.08. The van der Waals surface area contributed by atoms with Gasteiger partial charge in [-0.05, 0) is 12.8 Å². The first-order valence-corrected chi connectivity index (χ1v) is 5.38. The van der Waals surface area contributed by atoms with Crippen molar-refractivity contribution in [3.8, 4) is 6.07 Å². The number of hydrogen-bond acceptors (Lipinski definition) is 2. The summed E-state index contributed by atoms with van der Waals surface area (Å²) in [5.74, 6) is 0.736. The highest BCUT2D eigenvalue weighted by Crippen LogP contribution is 2.07. The average Bonchev–Trinajstić information content (AvgIpc) is 2.00. The lowest BCUT2D eigenvalue weighted by atomic mass is 10.3. The molecule has 0 bridgehead atoms. The summed E-state index contributed by atoms with van der Waals surface area (Å²) in [6, 6.07) is 2.06.